The van der Waals surface area contributed by atoms with Crippen molar-refractivity contribution in [2.24, 2.45) is 5.73 Å². The summed E-state index contributed by atoms with van der Waals surface area (Å²) in [6.07, 6.45) is 2.25. The quantitative estimate of drug-likeness (QED) is 0.897. The molecule has 2 N–H and O–H groups in total. The topological polar surface area (TPSA) is 44.5 Å². The Morgan fingerprint density at radius 3 is 2.94 bits per heavy atom. The summed E-state index contributed by atoms with van der Waals surface area (Å²) in [4.78, 5) is 0. The number of rotatable bonds is 4. The lowest BCUT2D eigenvalue weighted by molar-refractivity contribution is 0.0674. The van der Waals surface area contributed by atoms with Gasteiger partial charge in [-0.2, -0.15) is 0 Å². The molecule has 1 aromatic rings. The molecule has 1 aliphatic rings. The molecule has 0 aromatic heterocycles. The second kappa shape index (κ2) is 5.67. The van der Waals surface area contributed by atoms with Gasteiger partial charge in [0.15, 0.2) is 0 Å². The van der Waals surface area contributed by atoms with Crippen molar-refractivity contribution in [3.8, 4) is 5.75 Å². The molecule has 0 spiro atoms. The number of nitrogens with two attached hydrogens (primary N) is 1. The predicted octanol–water partition coefficient (Wildman–Crippen LogP) is 2.71. The van der Waals surface area contributed by atoms with Gasteiger partial charge in [-0.25, -0.2) is 4.39 Å². The molecule has 2 rings (SSSR count). The highest BCUT2D eigenvalue weighted by molar-refractivity contribution is 5.39. The zero-order valence-corrected chi connectivity index (χ0v) is 10.9. The number of aryl methyl sites for hydroxylation is 1. The standard InChI is InChI=1S/C14H20FNO2/c1-9-6-14(12(10(2)16)7-13(9)15)18-8-11-4-3-5-17-11/h6-7,10-11H,3-5,8,16H2,1-2H3/t10-,11?/m1/s1. The van der Waals surface area contributed by atoms with Crippen molar-refractivity contribution in [3.63, 3.8) is 0 Å². The van der Waals surface area contributed by atoms with E-state index in [0.29, 0.717) is 23.5 Å². The van der Waals surface area contributed by atoms with Crippen molar-refractivity contribution >= 4 is 0 Å². The molecule has 3 nitrogen and oxygen atoms in total. The van der Waals surface area contributed by atoms with Crippen LogP contribution in [0.2, 0.25) is 0 Å². The van der Waals surface area contributed by atoms with E-state index < -0.39 is 0 Å². The van der Waals surface area contributed by atoms with Crippen LogP contribution in [0.15, 0.2) is 12.1 Å². The third-order valence-electron chi connectivity index (χ3n) is 3.23. The van der Waals surface area contributed by atoms with Crippen LogP contribution in [-0.4, -0.2) is 19.3 Å². The highest BCUT2D eigenvalue weighted by atomic mass is 19.1. The van der Waals surface area contributed by atoms with E-state index in [1.807, 2.05) is 6.92 Å². The third-order valence-corrected chi connectivity index (χ3v) is 3.23. The molecule has 1 fully saturated rings. The lowest BCUT2D eigenvalue weighted by atomic mass is 10.1. The van der Waals surface area contributed by atoms with Gasteiger partial charge in [0.1, 0.15) is 18.2 Å². The molecular weight excluding hydrogens is 233 g/mol. The molecule has 0 aliphatic carbocycles. The van der Waals surface area contributed by atoms with Gasteiger partial charge >= 0.3 is 0 Å². The van der Waals surface area contributed by atoms with Crippen molar-refractivity contribution in [1.29, 1.82) is 0 Å². The van der Waals surface area contributed by atoms with Crippen LogP contribution in [0.25, 0.3) is 0 Å². The fourth-order valence-corrected chi connectivity index (χ4v) is 2.11. The third kappa shape index (κ3) is 3.00. The van der Waals surface area contributed by atoms with Crippen molar-refractivity contribution in [2.45, 2.75) is 38.8 Å². The van der Waals surface area contributed by atoms with Crippen molar-refractivity contribution in [1.82, 2.24) is 0 Å². The van der Waals surface area contributed by atoms with E-state index in [-0.39, 0.29) is 18.0 Å². The Balaban J connectivity index is 2.12. The second-order valence-corrected chi connectivity index (χ2v) is 4.87. The number of ether oxygens (including phenoxy) is 2. The summed E-state index contributed by atoms with van der Waals surface area (Å²) < 4.78 is 24.8. The lowest BCUT2D eigenvalue weighted by Crippen LogP contribution is -2.18. The first kappa shape index (κ1) is 13.3. The molecule has 0 amide bonds. The number of hydrogen-bond donors (Lipinski definition) is 1. The zero-order valence-electron chi connectivity index (χ0n) is 10.9. The van der Waals surface area contributed by atoms with Gasteiger partial charge in [0.05, 0.1) is 6.10 Å². The Labute approximate surface area is 107 Å². The maximum atomic E-state index is 13.5. The van der Waals surface area contributed by atoms with E-state index >= 15 is 0 Å². The second-order valence-electron chi connectivity index (χ2n) is 4.87. The van der Waals surface area contributed by atoms with Crippen LogP contribution >= 0.6 is 0 Å². The van der Waals surface area contributed by atoms with Crippen molar-refractivity contribution < 1.29 is 13.9 Å². The molecule has 1 saturated heterocycles. The molecule has 1 aromatic carbocycles. The zero-order chi connectivity index (χ0) is 13.1. The smallest absolute Gasteiger partial charge is 0.126 e. The van der Waals surface area contributed by atoms with Crippen LogP contribution in [0.3, 0.4) is 0 Å². The highest BCUT2D eigenvalue weighted by Crippen LogP contribution is 2.28. The fraction of sp³-hybridized carbons (Fsp3) is 0.571. The van der Waals surface area contributed by atoms with Crippen molar-refractivity contribution in [2.75, 3.05) is 13.2 Å². The Kier molecular flexibility index (Phi) is 4.19. The molecule has 0 radical (unpaired) electrons. The summed E-state index contributed by atoms with van der Waals surface area (Å²) >= 11 is 0. The molecular formula is C14H20FNO2. The summed E-state index contributed by atoms with van der Waals surface area (Å²) in [5.74, 6) is 0.422. The highest BCUT2D eigenvalue weighted by Gasteiger charge is 2.18. The largest absolute Gasteiger partial charge is 0.491 e. The van der Waals surface area contributed by atoms with E-state index in [9.17, 15) is 4.39 Å². The molecule has 0 saturated carbocycles. The van der Waals surface area contributed by atoms with Crippen LogP contribution in [0.4, 0.5) is 4.39 Å². The number of hydrogen-bond acceptors (Lipinski definition) is 3. The predicted molar refractivity (Wildman–Crippen MR) is 68.2 cm³/mol. The summed E-state index contributed by atoms with van der Waals surface area (Å²) in [7, 11) is 0. The fourth-order valence-electron chi connectivity index (χ4n) is 2.11. The Bertz CT molecular complexity index is 415. The molecule has 18 heavy (non-hydrogen) atoms. The van der Waals surface area contributed by atoms with Gasteiger partial charge < -0.3 is 15.2 Å². The Morgan fingerprint density at radius 2 is 2.33 bits per heavy atom. The van der Waals surface area contributed by atoms with Gasteiger partial charge in [-0.15, -0.1) is 0 Å². The minimum absolute atomic E-state index is 0.149. The van der Waals surface area contributed by atoms with Gasteiger partial charge in [0, 0.05) is 18.2 Å². The lowest BCUT2D eigenvalue weighted by Gasteiger charge is -2.17. The minimum Gasteiger partial charge on any atom is -0.491 e. The average molecular weight is 253 g/mol. The first-order chi connectivity index (χ1) is 8.58. The maximum Gasteiger partial charge on any atom is 0.126 e. The number of benzene rings is 1. The van der Waals surface area contributed by atoms with E-state index in [1.165, 1.54) is 6.07 Å². The van der Waals surface area contributed by atoms with Gasteiger partial charge in [-0.3, -0.25) is 0 Å². The van der Waals surface area contributed by atoms with E-state index in [2.05, 4.69) is 0 Å². The van der Waals surface area contributed by atoms with Crippen molar-refractivity contribution in [3.05, 3.63) is 29.1 Å². The van der Waals surface area contributed by atoms with Crippen LogP contribution in [0.5, 0.6) is 5.75 Å². The van der Waals surface area contributed by atoms with Crippen LogP contribution < -0.4 is 10.5 Å². The first-order valence-electron chi connectivity index (χ1n) is 6.38. The molecule has 1 unspecified atom stereocenters. The minimum atomic E-state index is -0.250. The van der Waals surface area contributed by atoms with Crippen LogP contribution in [-0.2, 0) is 4.74 Å². The monoisotopic (exact) mass is 253 g/mol. The summed E-state index contributed by atoms with van der Waals surface area (Å²) in [5.41, 5.74) is 7.12. The molecule has 1 aliphatic heterocycles. The summed E-state index contributed by atoms with van der Waals surface area (Å²) in [5, 5.41) is 0. The van der Waals surface area contributed by atoms with Crippen LogP contribution in [0.1, 0.15) is 36.9 Å². The van der Waals surface area contributed by atoms with E-state index in [4.69, 9.17) is 15.2 Å². The first-order valence-corrected chi connectivity index (χ1v) is 6.38. The molecule has 100 valence electrons. The van der Waals surface area contributed by atoms with Gasteiger partial charge in [0.25, 0.3) is 0 Å². The average Bonchev–Trinajstić information content (AvgIpc) is 2.83. The normalized spacial score (nSPS) is 21.0. The maximum absolute atomic E-state index is 13.5. The molecule has 0 bridgehead atoms. The van der Waals surface area contributed by atoms with Crippen LogP contribution in [0, 0.1) is 12.7 Å². The molecule has 1 heterocycles. The SMILES string of the molecule is Cc1cc(OCC2CCCO2)c([C@@H](C)N)cc1F. The summed E-state index contributed by atoms with van der Waals surface area (Å²) in [6, 6.07) is 2.92. The molecule has 2 atom stereocenters. The summed E-state index contributed by atoms with van der Waals surface area (Å²) in [6.45, 7) is 4.85. The van der Waals surface area contributed by atoms with Gasteiger partial charge in [0.2, 0.25) is 0 Å². The number of halogens is 1. The van der Waals surface area contributed by atoms with Gasteiger partial charge in [-0.1, -0.05) is 0 Å². The Hall–Kier alpha value is -1.13. The molecule has 4 heteroatoms. The van der Waals surface area contributed by atoms with Gasteiger partial charge in [-0.05, 0) is 44.4 Å². The van der Waals surface area contributed by atoms with E-state index in [0.717, 1.165) is 19.4 Å². The van der Waals surface area contributed by atoms with E-state index in [1.54, 1.807) is 13.0 Å². The Morgan fingerprint density at radius 1 is 1.56 bits per heavy atom.